The zero-order valence-corrected chi connectivity index (χ0v) is 23.7. The van der Waals surface area contributed by atoms with Gasteiger partial charge in [-0.1, -0.05) is 12.6 Å². The van der Waals surface area contributed by atoms with Crippen molar-refractivity contribution in [3.63, 3.8) is 0 Å². The topological polar surface area (TPSA) is 108 Å². The molecule has 1 amide bonds. The standard InChI is InChI=1S/C30H34N8O3/c1-6-27(39)32-20-8-7-9-22(16-20)38-28(40)18-25(35(2)3)23-19-31-30(34-29(23)38)33-24-11-10-21(17-26(24)41-5)37-14-12-36(4)13-15-37/h6-11,16-19H,1,12-15H2,2-5H3,(H,32,39)(H,31,33,34). The first-order chi connectivity index (χ1) is 19.8. The molecule has 1 saturated heterocycles. The lowest BCUT2D eigenvalue weighted by molar-refractivity contribution is -0.111. The molecule has 2 N–H and O–H groups in total. The van der Waals surface area contributed by atoms with E-state index in [1.807, 2.05) is 31.1 Å². The summed E-state index contributed by atoms with van der Waals surface area (Å²) in [6, 6.07) is 14.6. The maximum atomic E-state index is 13.5. The van der Waals surface area contributed by atoms with Crippen LogP contribution in [-0.2, 0) is 4.79 Å². The maximum Gasteiger partial charge on any atom is 0.258 e. The first-order valence-corrected chi connectivity index (χ1v) is 13.3. The number of nitrogens with zero attached hydrogens (tertiary/aromatic N) is 6. The van der Waals surface area contributed by atoms with Gasteiger partial charge in [-0.05, 0) is 43.5 Å². The quantitative estimate of drug-likeness (QED) is 0.317. The fraction of sp³-hybridized carbons (Fsp3) is 0.267. The highest BCUT2D eigenvalue weighted by Crippen LogP contribution is 2.33. The van der Waals surface area contributed by atoms with Crippen molar-refractivity contribution in [2.75, 3.05) is 74.9 Å². The number of amides is 1. The Labute approximate surface area is 238 Å². The van der Waals surface area contributed by atoms with Crippen LogP contribution in [0.5, 0.6) is 5.75 Å². The van der Waals surface area contributed by atoms with Crippen molar-refractivity contribution >= 4 is 45.6 Å². The molecule has 5 rings (SSSR count). The predicted molar refractivity (Wildman–Crippen MR) is 164 cm³/mol. The normalized spacial score (nSPS) is 13.6. The van der Waals surface area contributed by atoms with E-state index in [-0.39, 0.29) is 11.5 Å². The molecule has 4 aromatic rings. The first-order valence-electron chi connectivity index (χ1n) is 13.3. The fourth-order valence-electron chi connectivity index (χ4n) is 4.85. The Balaban J connectivity index is 1.55. The van der Waals surface area contributed by atoms with E-state index in [9.17, 15) is 9.59 Å². The van der Waals surface area contributed by atoms with Gasteiger partial charge in [0.15, 0.2) is 5.65 Å². The third kappa shape index (κ3) is 5.85. The van der Waals surface area contributed by atoms with Gasteiger partial charge in [0.1, 0.15) is 5.75 Å². The molecule has 0 bridgehead atoms. The third-order valence-electron chi connectivity index (χ3n) is 7.08. The van der Waals surface area contributed by atoms with Crippen molar-refractivity contribution in [1.82, 2.24) is 19.4 Å². The minimum Gasteiger partial charge on any atom is -0.494 e. The van der Waals surface area contributed by atoms with E-state index in [1.165, 1.54) is 10.6 Å². The number of methoxy groups -OCH3 is 1. The minimum absolute atomic E-state index is 0.271. The average molecular weight is 555 g/mol. The van der Waals surface area contributed by atoms with Crippen LogP contribution in [0.2, 0.25) is 0 Å². The lowest BCUT2D eigenvalue weighted by Crippen LogP contribution is -2.44. The molecule has 11 nitrogen and oxygen atoms in total. The van der Waals surface area contributed by atoms with Crippen LogP contribution in [0.15, 0.2) is 72.2 Å². The van der Waals surface area contributed by atoms with Crippen molar-refractivity contribution in [3.8, 4) is 11.4 Å². The van der Waals surface area contributed by atoms with Crippen LogP contribution in [0.25, 0.3) is 16.7 Å². The lowest BCUT2D eigenvalue weighted by atomic mass is 10.2. The van der Waals surface area contributed by atoms with E-state index >= 15 is 0 Å². The number of fused-ring (bicyclic) bond motifs is 1. The molecule has 1 aliphatic rings. The third-order valence-corrected chi connectivity index (χ3v) is 7.08. The van der Waals surface area contributed by atoms with Gasteiger partial charge < -0.3 is 30.1 Å². The highest BCUT2D eigenvalue weighted by molar-refractivity contribution is 5.99. The molecule has 0 radical (unpaired) electrons. The molecule has 2 aromatic carbocycles. The van der Waals surface area contributed by atoms with E-state index in [1.54, 1.807) is 43.6 Å². The Morgan fingerprint density at radius 3 is 2.56 bits per heavy atom. The number of carbonyl (C=O) groups is 1. The van der Waals surface area contributed by atoms with Crippen LogP contribution in [0.1, 0.15) is 0 Å². The van der Waals surface area contributed by atoms with Crippen molar-refractivity contribution < 1.29 is 9.53 Å². The lowest BCUT2D eigenvalue weighted by Gasteiger charge is -2.34. The van der Waals surface area contributed by atoms with Gasteiger partial charge in [-0.25, -0.2) is 4.98 Å². The summed E-state index contributed by atoms with van der Waals surface area (Å²) in [4.78, 5) is 41.2. The molecule has 212 valence electrons. The molecule has 0 atom stereocenters. The minimum atomic E-state index is -0.344. The molecule has 0 aliphatic carbocycles. The second kappa shape index (κ2) is 11.7. The van der Waals surface area contributed by atoms with Gasteiger partial charge in [-0.15, -0.1) is 0 Å². The van der Waals surface area contributed by atoms with Crippen LogP contribution in [0.3, 0.4) is 0 Å². The molecular weight excluding hydrogens is 520 g/mol. The highest BCUT2D eigenvalue weighted by Gasteiger charge is 2.18. The first kappa shape index (κ1) is 27.7. The van der Waals surface area contributed by atoms with E-state index in [0.717, 1.165) is 31.9 Å². The summed E-state index contributed by atoms with van der Waals surface area (Å²) in [6.45, 7) is 7.41. The smallest absolute Gasteiger partial charge is 0.258 e. The molecule has 2 aromatic heterocycles. The summed E-state index contributed by atoms with van der Waals surface area (Å²) in [6.07, 6.45) is 2.89. The number of anilines is 5. The van der Waals surface area contributed by atoms with Crippen molar-refractivity contribution in [2.24, 2.45) is 0 Å². The fourth-order valence-corrected chi connectivity index (χ4v) is 4.85. The van der Waals surface area contributed by atoms with Gasteiger partial charge in [-0.3, -0.25) is 14.2 Å². The second-order valence-corrected chi connectivity index (χ2v) is 10.1. The molecule has 0 unspecified atom stereocenters. The molecule has 0 saturated carbocycles. The number of aromatic nitrogens is 3. The van der Waals surface area contributed by atoms with Gasteiger partial charge >= 0.3 is 0 Å². The number of pyridine rings is 1. The summed E-state index contributed by atoms with van der Waals surface area (Å²) >= 11 is 0. The Kier molecular flexibility index (Phi) is 7.88. The van der Waals surface area contributed by atoms with Crippen LogP contribution in [0.4, 0.5) is 28.7 Å². The van der Waals surface area contributed by atoms with Gasteiger partial charge in [0.25, 0.3) is 5.56 Å². The molecule has 0 spiro atoms. The van der Waals surface area contributed by atoms with Crippen molar-refractivity contribution in [1.29, 1.82) is 0 Å². The Bertz CT molecular complexity index is 1660. The number of carbonyl (C=O) groups excluding carboxylic acids is 1. The van der Waals surface area contributed by atoms with Crippen molar-refractivity contribution in [2.45, 2.75) is 0 Å². The molecule has 41 heavy (non-hydrogen) atoms. The van der Waals surface area contributed by atoms with Crippen molar-refractivity contribution in [3.05, 3.63) is 77.7 Å². The van der Waals surface area contributed by atoms with Gasteiger partial charge in [0.05, 0.1) is 29.6 Å². The van der Waals surface area contributed by atoms with E-state index in [2.05, 4.69) is 45.1 Å². The van der Waals surface area contributed by atoms with Crippen LogP contribution < -0.4 is 30.7 Å². The summed E-state index contributed by atoms with van der Waals surface area (Å²) in [5.41, 5.74) is 3.71. The van der Waals surface area contributed by atoms with E-state index in [0.29, 0.717) is 45.5 Å². The Morgan fingerprint density at radius 1 is 1.07 bits per heavy atom. The predicted octanol–water partition coefficient (Wildman–Crippen LogP) is 3.48. The zero-order valence-electron chi connectivity index (χ0n) is 23.7. The van der Waals surface area contributed by atoms with E-state index < -0.39 is 0 Å². The zero-order chi connectivity index (χ0) is 29.1. The summed E-state index contributed by atoms with van der Waals surface area (Å²) in [5, 5.41) is 6.71. The van der Waals surface area contributed by atoms with Crippen LogP contribution in [-0.4, -0.2) is 79.8 Å². The second-order valence-electron chi connectivity index (χ2n) is 10.1. The Hall–Kier alpha value is -4.90. The SMILES string of the molecule is C=CC(=O)Nc1cccc(-n2c(=O)cc(N(C)C)c3cnc(Nc4ccc(N5CCN(C)CC5)cc4OC)nc32)c1. The highest BCUT2D eigenvalue weighted by atomic mass is 16.5. The number of ether oxygens (including phenoxy) is 1. The number of piperazine rings is 1. The number of hydrogen-bond donors (Lipinski definition) is 2. The molecule has 3 heterocycles. The summed E-state index contributed by atoms with van der Waals surface area (Å²) in [5.74, 6) is 0.627. The molecule has 1 aliphatic heterocycles. The number of likely N-dealkylation sites (N-methyl/N-ethyl adjacent to an activating group) is 1. The maximum absolute atomic E-state index is 13.5. The van der Waals surface area contributed by atoms with Gasteiger partial charge in [-0.2, -0.15) is 4.98 Å². The Morgan fingerprint density at radius 2 is 1.85 bits per heavy atom. The molecule has 11 heteroatoms. The summed E-state index contributed by atoms with van der Waals surface area (Å²) < 4.78 is 7.22. The molecule has 1 fully saturated rings. The number of nitrogens with one attached hydrogen (secondary N) is 2. The number of benzene rings is 2. The van der Waals surface area contributed by atoms with Crippen LogP contribution in [0, 0.1) is 0 Å². The number of hydrogen-bond acceptors (Lipinski definition) is 9. The monoisotopic (exact) mass is 554 g/mol. The molecular formula is C30H34N8O3. The average Bonchev–Trinajstić information content (AvgIpc) is 2.97. The summed E-state index contributed by atoms with van der Waals surface area (Å²) in [7, 11) is 7.49. The van der Waals surface area contributed by atoms with E-state index in [4.69, 9.17) is 9.72 Å². The van der Waals surface area contributed by atoms with Crippen LogP contribution >= 0.6 is 0 Å². The largest absolute Gasteiger partial charge is 0.494 e. The van der Waals surface area contributed by atoms with Gasteiger partial charge in [0, 0.05) is 70.0 Å². The van der Waals surface area contributed by atoms with Gasteiger partial charge in [0.2, 0.25) is 11.9 Å². The number of rotatable bonds is 8.